The van der Waals surface area contributed by atoms with Gasteiger partial charge in [0.25, 0.3) is 0 Å². The third-order valence-corrected chi connectivity index (χ3v) is 7.79. The van der Waals surface area contributed by atoms with Crippen molar-refractivity contribution in [2.45, 2.75) is 32.7 Å². The molecule has 6 rings (SSSR count). The molecular weight excluding hydrogens is 484 g/mol. The number of allylic oxidation sites excluding steroid dienone is 5. The second-order valence-electron chi connectivity index (χ2n) is 10.8. The molecule has 2 aliphatic rings. The monoisotopic (exact) mass is 520 g/mol. The molecule has 2 nitrogen and oxygen atoms in total. The van der Waals surface area contributed by atoms with Gasteiger partial charge in [-0.2, -0.15) is 0 Å². The van der Waals surface area contributed by atoms with Crippen LogP contribution in [0.15, 0.2) is 157 Å². The Morgan fingerprint density at radius 3 is 1.77 bits per heavy atom. The van der Waals surface area contributed by atoms with E-state index in [1.807, 2.05) is 0 Å². The first-order chi connectivity index (χ1) is 19.7. The van der Waals surface area contributed by atoms with E-state index in [-0.39, 0.29) is 6.04 Å². The van der Waals surface area contributed by atoms with E-state index in [2.05, 4.69) is 169 Å². The number of benzene rings is 4. The molecule has 40 heavy (non-hydrogen) atoms. The van der Waals surface area contributed by atoms with Crippen molar-refractivity contribution in [1.29, 1.82) is 0 Å². The number of hydrogen-bond acceptors (Lipinski definition) is 2. The smallest absolute Gasteiger partial charge is 0.0560 e. The highest BCUT2D eigenvalue weighted by atomic mass is 15.2. The van der Waals surface area contributed by atoms with Crippen molar-refractivity contribution < 1.29 is 0 Å². The van der Waals surface area contributed by atoms with Gasteiger partial charge in [0.05, 0.1) is 6.04 Å². The highest BCUT2D eigenvalue weighted by Crippen LogP contribution is 2.37. The summed E-state index contributed by atoms with van der Waals surface area (Å²) in [4.78, 5) is 4.82. The second-order valence-corrected chi connectivity index (χ2v) is 10.8. The summed E-state index contributed by atoms with van der Waals surface area (Å²) in [6.45, 7) is 4.32. The molecule has 0 radical (unpaired) electrons. The summed E-state index contributed by atoms with van der Waals surface area (Å²) >= 11 is 0. The van der Waals surface area contributed by atoms with Crippen molar-refractivity contribution in [1.82, 2.24) is 0 Å². The molecule has 0 aliphatic heterocycles. The van der Waals surface area contributed by atoms with E-state index in [0.717, 1.165) is 12.8 Å². The fourth-order valence-corrected chi connectivity index (χ4v) is 5.80. The third kappa shape index (κ3) is 5.58. The summed E-state index contributed by atoms with van der Waals surface area (Å²) in [6, 6.07) is 39.2. The number of nitrogens with zero attached hydrogens (tertiary/aromatic N) is 2. The zero-order valence-corrected chi connectivity index (χ0v) is 23.3. The number of anilines is 4. The fraction of sp³-hybridized carbons (Fsp3) is 0.158. The molecule has 0 fully saturated rings. The van der Waals surface area contributed by atoms with Crippen LogP contribution in [0.25, 0.3) is 0 Å². The van der Waals surface area contributed by atoms with Crippen molar-refractivity contribution in [2.24, 2.45) is 5.92 Å². The summed E-state index contributed by atoms with van der Waals surface area (Å²) in [5.41, 5.74) is 10.00. The van der Waals surface area contributed by atoms with Gasteiger partial charge in [0.2, 0.25) is 0 Å². The average molecular weight is 521 g/mol. The molecule has 2 atom stereocenters. The number of para-hydroxylation sites is 2. The van der Waals surface area contributed by atoms with Crippen molar-refractivity contribution in [2.75, 3.05) is 9.80 Å². The molecule has 198 valence electrons. The molecule has 0 saturated heterocycles. The lowest BCUT2D eigenvalue weighted by Gasteiger charge is -2.34. The molecular formula is C38H36N2. The van der Waals surface area contributed by atoms with Crippen molar-refractivity contribution in [3.05, 3.63) is 168 Å². The molecule has 2 aliphatic carbocycles. The predicted octanol–water partition coefficient (Wildman–Crippen LogP) is 9.99. The van der Waals surface area contributed by atoms with Crippen LogP contribution in [-0.2, 0) is 0 Å². The highest BCUT2D eigenvalue weighted by Gasteiger charge is 2.23. The molecule has 0 heterocycles. The van der Waals surface area contributed by atoms with Gasteiger partial charge in [-0.05, 0) is 98.0 Å². The van der Waals surface area contributed by atoms with Crippen LogP contribution in [0.4, 0.5) is 22.7 Å². The van der Waals surface area contributed by atoms with Gasteiger partial charge in [-0.25, -0.2) is 0 Å². The molecule has 2 heteroatoms. The first-order valence-corrected chi connectivity index (χ1v) is 14.3. The average Bonchev–Trinajstić information content (AvgIpc) is 3.00. The topological polar surface area (TPSA) is 6.48 Å². The van der Waals surface area contributed by atoms with Gasteiger partial charge in [0, 0.05) is 34.4 Å². The number of aryl methyl sites for hydroxylation is 2. The van der Waals surface area contributed by atoms with Gasteiger partial charge in [-0.1, -0.05) is 91.0 Å². The summed E-state index contributed by atoms with van der Waals surface area (Å²) < 4.78 is 0. The van der Waals surface area contributed by atoms with E-state index < -0.39 is 0 Å². The summed E-state index contributed by atoms with van der Waals surface area (Å²) in [6.07, 6.45) is 16.2. The van der Waals surface area contributed by atoms with Gasteiger partial charge < -0.3 is 9.80 Å². The molecule has 4 aromatic carbocycles. The summed E-state index contributed by atoms with van der Waals surface area (Å²) in [7, 11) is 0. The molecule has 0 bridgehead atoms. The van der Waals surface area contributed by atoms with Gasteiger partial charge in [0.15, 0.2) is 0 Å². The lowest BCUT2D eigenvalue weighted by atomic mass is 9.86. The fourth-order valence-electron chi connectivity index (χ4n) is 5.80. The normalized spacial score (nSPS) is 18.1. The van der Waals surface area contributed by atoms with E-state index in [0.29, 0.717) is 5.92 Å². The number of hydrogen-bond donors (Lipinski definition) is 0. The van der Waals surface area contributed by atoms with Crippen LogP contribution in [0.2, 0.25) is 0 Å². The minimum Gasteiger partial charge on any atom is -0.334 e. The molecule has 4 aromatic rings. The molecule has 0 aromatic heterocycles. The molecule has 2 unspecified atom stereocenters. The van der Waals surface area contributed by atoms with Crippen LogP contribution < -0.4 is 9.80 Å². The standard InChI is InChI=1S/C38H36N2/c1-29-11-9-17-37(27-29)39(33-13-5-3-6-14-33)35-23-19-31(20-24-35)32-21-25-36(26-22-32)40(34-15-7-4-8-16-34)38-18-10-12-30(2)28-38/h3-21,23,25-28,32,35H,22,24H2,1-2H3. The van der Waals surface area contributed by atoms with Crippen molar-refractivity contribution >= 4 is 22.7 Å². The van der Waals surface area contributed by atoms with Crippen LogP contribution in [0.5, 0.6) is 0 Å². The van der Waals surface area contributed by atoms with Gasteiger partial charge in [0.1, 0.15) is 0 Å². The van der Waals surface area contributed by atoms with Gasteiger partial charge >= 0.3 is 0 Å². The van der Waals surface area contributed by atoms with Crippen LogP contribution in [0, 0.1) is 19.8 Å². The van der Waals surface area contributed by atoms with E-state index in [1.54, 1.807) is 0 Å². The SMILES string of the molecule is Cc1cccc(N(C2=CCC(C3=CCC(N(c4ccccc4)c4cccc(C)c4)C=C3)C=C2)c2ccccc2)c1. The van der Waals surface area contributed by atoms with Crippen molar-refractivity contribution in [3.63, 3.8) is 0 Å². The highest BCUT2D eigenvalue weighted by molar-refractivity contribution is 5.71. The van der Waals surface area contributed by atoms with Gasteiger partial charge in [-0.15, -0.1) is 0 Å². The Bertz CT molecular complexity index is 1580. The molecule has 0 N–H and O–H groups in total. The second kappa shape index (κ2) is 11.7. The minimum atomic E-state index is 0.279. The van der Waals surface area contributed by atoms with Crippen LogP contribution in [-0.4, -0.2) is 6.04 Å². The largest absolute Gasteiger partial charge is 0.334 e. The van der Waals surface area contributed by atoms with E-state index in [4.69, 9.17) is 0 Å². The summed E-state index contributed by atoms with van der Waals surface area (Å²) in [5.74, 6) is 0.389. The minimum absolute atomic E-state index is 0.279. The maximum absolute atomic E-state index is 2.46. The Balaban J connectivity index is 1.21. The third-order valence-electron chi connectivity index (χ3n) is 7.79. The Hall–Kier alpha value is -4.56. The van der Waals surface area contributed by atoms with Gasteiger partial charge in [-0.3, -0.25) is 0 Å². The number of rotatable bonds is 7. The maximum atomic E-state index is 2.46. The molecule has 0 saturated carbocycles. The van der Waals surface area contributed by atoms with Crippen LogP contribution in [0.3, 0.4) is 0 Å². The zero-order chi connectivity index (χ0) is 27.3. The van der Waals surface area contributed by atoms with Crippen LogP contribution >= 0.6 is 0 Å². The summed E-state index contributed by atoms with van der Waals surface area (Å²) in [5, 5.41) is 0. The predicted molar refractivity (Wildman–Crippen MR) is 170 cm³/mol. The Morgan fingerprint density at radius 1 is 0.550 bits per heavy atom. The van der Waals surface area contributed by atoms with Crippen LogP contribution in [0.1, 0.15) is 24.0 Å². The molecule has 0 amide bonds. The van der Waals surface area contributed by atoms with E-state index in [9.17, 15) is 0 Å². The van der Waals surface area contributed by atoms with Crippen molar-refractivity contribution in [3.8, 4) is 0 Å². The Kier molecular flexibility index (Phi) is 7.50. The lowest BCUT2D eigenvalue weighted by molar-refractivity contribution is 0.727. The van der Waals surface area contributed by atoms with E-state index >= 15 is 0 Å². The maximum Gasteiger partial charge on any atom is 0.0560 e. The lowest BCUT2D eigenvalue weighted by Crippen LogP contribution is -2.30. The first-order valence-electron chi connectivity index (χ1n) is 14.3. The zero-order valence-electron chi connectivity index (χ0n) is 23.3. The first kappa shape index (κ1) is 25.7. The molecule has 0 spiro atoms. The van der Waals surface area contributed by atoms with E-state index in [1.165, 1.54) is 45.1 Å². The Morgan fingerprint density at radius 2 is 1.18 bits per heavy atom. The Labute approximate surface area is 238 Å². The quantitative estimate of drug-likeness (QED) is 0.239.